The second-order valence-electron chi connectivity index (χ2n) is 6.23. The summed E-state index contributed by atoms with van der Waals surface area (Å²) >= 11 is 0. The van der Waals surface area contributed by atoms with Crippen molar-refractivity contribution in [3.63, 3.8) is 0 Å². The molecule has 1 saturated heterocycles. The highest BCUT2D eigenvalue weighted by Crippen LogP contribution is 2.28. The average molecular weight is 311 g/mol. The Morgan fingerprint density at radius 3 is 2.95 bits per heavy atom. The first-order valence-electron chi connectivity index (χ1n) is 8.06. The first-order valence-corrected chi connectivity index (χ1v) is 9.88. The number of fused-ring (bicyclic) bond motifs is 1. The van der Waals surface area contributed by atoms with Gasteiger partial charge in [-0.15, -0.1) is 0 Å². The van der Waals surface area contributed by atoms with Crippen LogP contribution in [0.2, 0.25) is 0 Å². The number of aromatic nitrogens is 2. The van der Waals surface area contributed by atoms with Gasteiger partial charge in [-0.1, -0.05) is 6.92 Å². The monoisotopic (exact) mass is 311 g/mol. The smallest absolute Gasteiger partial charge is 0.151 e. The Bertz CT molecular complexity index is 594. The summed E-state index contributed by atoms with van der Waals surface area (Å²) < 4.78 is 25.6. The molecule has 0 amide bonds. The number of aryl methyl sites for hydroxylation is 1. The summed E-state index contributed by atoms with van der Waals surface area (Å²) in [4.78, 5) is 6.86. The highest BCUT2D eigenvalue weighted by molar-refractivity contribution is 7.91. The maximum absolute atomic E-state index is 11.6. The number of likely N-dealkylation sites (tertiary alicyclic amines) is 1. The molecule has 0 spiro atoms. The average Bonchev–Trinajstić information content (AvgIpc) is 3.11. The zero-order valence-electron chi connectivity index (χ0n) is 12.8. The van der Waals surface area contributed by atoms with Gasteiger partial charge in [0.2, 0.25) is 0 Å². The Kier molecular flexibility index (Phi) is 4.36. The molecule has 1 atom stereocenters. The molecule has 0 saturated carbocycles. The molecule has 3 rings (SSSR count). The van der Waals surface area contributed by atoms with Gasteiger partial charge in [0, 0.05) is 37.1 Å². The summed E-state index contributed by atoms with van der Waals surface area (Å²) in [6.07, 6.45) is 7.91. The largest absolute Gasteiger partial charge is 0.330 e. The molecule has 2 heterocycles. The number of nitrogens with zero attached hydrogens (tertiary/aromatic N) is 3. The normalized spacial score (nSPS) is 23.4. The van der Waals surface area contributed by atoms with Gasteiger partial charge in [0.25, 0.3) is 0 Å². The number of hydrogen-bond donors (Lipinski definition) is 0. The van der Waals surface area contributed by atoms with E-state index in [4.69, 9.17) is 0 Å². The van der Waals surface area contributed by atoms with Crippen molar-refractivity contribution in [1.29, 1.82) is 0 Å². The molecular weight excluding hydrogens is 286 g/mol. The second kappa shape index (κ2) is 6.08. The molecule has 1 aromatic rings. The molecule has 118 valence electrons. The fourth-order valence-electron chi connectivity index (χ4n) is 3.46. The van der Waals surface area contributed by atoms with Crippen LogP contribution in [0.3, 0.4) is 0 Å². The minimum absolute atomic E-state index is 0.249. The molecule has 0 radical (unpaired) electrons. The van der Waals surface area contributed by atoms with Crippen molar-refractivity contribution in [3.8, 4) is 0 Å². The standard InChI is InChI=1S/C15H25N3O2S/c1-2-21(19,20)10-9-17-8-7-13(11-17)18-12-16-14-5-3-4-6-15(14)18/h12-13H,2-11H2,1H3/t13-/m0/s1. The van der Waals surface area contributed by atoms with Gasteiger partial charge in [0.1, 0.15) is 0 Å². The number of sulfone groups is 1. The van der Waals surface area contributed by atoms with E-state index in [2.05, 4.69) is 14.5 Å². The lowest BCUT2D eigenvalue weighted by Crippen LogP contribution is -2.28. The quantitative estimate of drug-likeness (QED) is 0.826. The molecule has 0 aromatic carbocycles. The first kappa shape index (κ1) is 15.0. The van der Waals surface area contributed by atoms with Crippen LogP contribution in [0.4, 0.5) is 0 Å². The van der Waals surface area contributed by atoms with E-state index in [1.807, 2.05) is 6.33 Å². The molecule has 0 N–H and O–H groups in total. The molecule has 1 aromatic heterocycles. The summed E-state index contributed by atoms with van der Waals surface area (Å²) in [5.74, 6) is 0.539. The second-order valence-corrected chi connectivity index (χ2v) is 8.70. The number of imidazole rings is 1. The molecule has 1 aliphatic carbocycles. The van der Waals surface area contributed by atoms with Crippen molar-refractivity contribution in [2.24, 2.45) is 0 Å². The summed E-state index contributed by atoms with van der Waals surface area (Å²) in [6.45, 7) is 4.35. The van der Waals surface area contributed by atoms with Gasteiger partial charge in [0.15, 0.2) is 9.84 Å². The highest BCUT2D eigenvalue weighted by atomic mass is 32.2. The third kappa shape index (κ3) is 3.31. The van der Waals surface area contributed by atoms with Gasteiger partial charge in [-0.05, 0) is 32.1 Å². The van der Waals surface area contributed by atoms with Gasteiger partial charge < -0.3 is 9.47 Å². The summed E-state index contributed by atoms with van der Waals surface area (Å²) in [6, 6.07) is 0.476. The number of rotatable bonds is 5. The summed E-state index contributed by atoms with van der Waals surface area (Å²) in [5, 5.41) is 0. The van der Waals surface area contributed by atoms with Crippen molar-refractivity contribution in [2.75, 3.05) is 31.1 Å². The van der Waals surface area contributed by atoms with E-state index in [1.54, 1.807) is 6.92 Å². The fraction of sp³-hybridized carbons (Fsp3) is 0.800. The van der Waals surface area contributed by atoms with E-state index in [-0.39, 0.29) is 11.5 Å². The summed E-state index contributed by atoms with van der Waals surface area (Å²) in [5.41, 5.74) is 2.71. The highest BCUT2D eigenvalue weighted by Gasteiger charge is 2.27. The van der Waals surface area contributed by atoms with Crippen LogP contribution >= 0.6 is 0 Å². The molecular formula is C15H25N3O2S. The lowest BCUT2D eigenvalue weighted by Gasteiger charge is -2.20. The van der Waals surface area contributed by atoms with Crippen LogP contribution in [0.15, 0.2) is 6.33 Å². The van der Waals surface area contributed by atoms with Crippen molar-refractivity contribution < 1.29 is 8.42 Å². The maximum atomic E-state index is 11.6. The van der Waals surface area contributed by atoms with Crippen molar-refractivity contribution in [3.05, 3.63) is 17.7 Å². The van der Waals surface area contributed by atoms with Gasteiger partial charge >= 0.3 is 0 Å². The van der Waals surface area contributed by atoms with Crippen LogP contribution in [-0.4, -0.2) is 54.0 Å². The van der Waals surface area contributed by atoms with E-state index in [0.29, 0.717) is 12.6 Å². The lowest BCUT2D eigenvalue weighted by molar-refractivity contribution is 0.340. The third-order valence-corrected chi connectivity index (χ3v) is 6.54. The Morgan fingerprint density at radius 1 is 1.33 bits per heavy atom. The van der Waals surface area contributed by atoms with Gasteiger partial charge in [0.05, 0.1) is 17.8 Å². The molecule has 1 aliphatic heterocycles. The zero-order chi connectivity index (χ0) is 14.9. The minimum Gasteiger partial charge on any atom is -0.330 e. The molecule has 6 heteroatoms. The SMILES string of the molecule is CCS(=O)(=O)CCN1CC[C@H](n2cnc3c2CCCC3)C1. The van der Waals surface area contributed by atoms with Crippen LogP contribution in [0.5, 0.6) is 0 Å². The number of hydrogen-bond acceptors (Lipinski definition) is 4. The van der Waals surface area contributed by atoms with E-state index in [0.717, 1.165) is 32.4 Å². The zero-order valence-corrected chi connectivity index (χ0v) is 13.6. The minimum atomic E-state index is -2.85. The Hall–Kier alpha value is -0.880. The van der Waals surface area contributed by atoms with E-state index in [9.17, 15) is 8.42 Å². The molecule has 0 unspecified atom stereocenters. The van der Waals surface area contributed by atoms with Crippen LogP contribution in [0, 0.1) is 0 Å². The third-order valence-electron chi connectivity index (χ3n) is 4.86. The molecule has 1 fully saturated rings. The van der Waals surface area contributed by atoms with E-state index < -0.39 is 9.84 Å². The molecule has 5 nitrogen and oxygen atoms in total. The first-order chi connectivity index (χ1) is 10.1. The maximum Gasteiger partial charge on any atom is 0.151 e. The van der Waals surface area contributed by atoms with Crippen LogP contribution in [0.25, 0.3) is 0 Å². The summed E-state index contributed by atoms with van der Waals surface area (Å²) in [7, 11) is -2.85. The molecule has 21 heavy (non-hydrogen) atoms. The molecule has 2 aliphatic rings. The topological polar surface area (TPSA) is 55.2 Å². The predicted octanol–water partition coefficient (Wildman–Crippen LogP) is 1.44. The van der Waals surface area contributed by atoms with Crippen LogP contribution < -0.4 is 0 Å². The predicted molar refractivity (Wildman–Crippen MR) is 83.3 cm³/mol. The van der Waals surface area contributed by atoms with E-state index in [1.165, 1.54) is 24.2 Å². The van der Waals surface area contributed by atoms with Gasteiger partial charge in [-0.25, -0.2) is 13.4 Å². The van der Waals surface area contributed by atoms with E-state index >= 15 is 0 Å². The Balaban J connectivity index is 1.61. The van der Waals surface area contributed by atoms with Crippen molar-refractivity contribution in [1.82, 2.24) is 14.5 Å². The van der Waals surface area contributed by atoms with Crippen molar-refractivity contribution in [2.45, 2.75) is 45.1 Å². The Labute approximate surface area is 127 Å². The van der Waals surface area contributed by atoms with Gasteiger partial charge in [-0.2, -0.15) is 0 Å². The van der Waals surface area contributed by atoms with Crippen LogP contribution in [0.1, 0.15) is 43.6 Å². The fourth-order valence-corrected chi connectivity index (χ4v) is 4.29. The molecule has 0 bridgehead atoms. The Morgan fingerprint density at radius 2 is 2.14 bits per heavy atom. The lowest BCUT2D eigenvalue weighted by atomic mass is 10.0. The van der Waals surface area contributed by atoms with Crippen LogP contribution in [-0.2, 0) is 22.7 Å². The van der Waals surface area contributed by atoms with Gasteiger partial charge in [-0.3, -0.25) is 0 Å². The van der Waals surface area contributed by atoms with Crippen molar-refractivity contribution >= 4 is 9.84 Å².